The van der Waals surface area contributed by atoms with Crippen LogP contribution in [0.1, 0.15) is 18.9 Å². The highest BCUT2D eigenvalue weighted by molar-refractivity contribution is 5.93. The summed E-state index contributed by atoms with van der Waals surface area (Å²) in [5, 5.41) is 0. The molecule has 0 spiro atoms. The Balaban J connectivity index is 1.97. The third kappa shape index (κ3) is 4.10. The topological polar surface area (TPSA) is 23.6 Å². The van der Waals surface area contributed by atoms with Gasteiger partial charge in [-0.1, -0.05) is 30.3 Å². The summed E-state index contributed by atoms with van der Waals surface area (Å²) in [5.41, 5.74) is 3.35. The second kappa shape index (κ2) is 7.64. The summed E-state index contributed by atoms with van der Waals surface area (Å²) in [6.45, 7) is 5.83. The van der Waals surface area contributed by atoms with Crippen LogP contribution in [-0.2, 0) is 4.79 Å². The molecule has 3 nitrogen and oxygen atoms in total. The third-order valence-corrected chi connectivity index (χ3v) is 3.86. The predicted octanol–water partition coefficient (Wildman–Crippen LogP) is 3.87. The van der Waals surface area contributed by atoms with E-state index in [4.69, 9.17) is 0 Å². The van der Waals surface area contributed by atoms with Crippen molar-refractivity contribution in [2.75, 3.05) is 29.9 Å². The Hall–Kier alpha value is -2.29. The van der Waals surface area contributed by atoms with Gasteiger partial charge in [0.05, 0.1) is 0 Å². The fourth-order valence-electron chi connectivity index (χ4n) is 2.49. The Bertz CT molecular complexity index is 610. The highest BCUT2D eigenvalue weighted by atomic mass is 16.2. The summed E-state index contributed by atoms with van der Waals surface area (Å²) in [7, 11) is 1.83. The molecule has 0 saturated heterocycles. The van der Waals surface area contributed by atoms with E-state index < -0.39 is 0 Å². The zero-order valence-corrected chi connectivity index (χ0v) is 13.6. The Morgan fingerprint density at radius 3 is 2.32 bits per heavy atom. The van der Waals surface area contributed by atoms with E-state index in [-0.39, 0.29) is 5.91 Å². The second-order valence-electron chi connectivity index (χ2n) is 5.46. The van der Waals surface area contributed by atoms with Gasteiger partial charge in [0.1, 0.15) is 0 Å². The van der Waals surface area contributed by atoms with E-state index in [1.165, 1.54) is 11.3 Å². The molecule has 0 bridgehead atoms. The predicted molar refractivity (Wildman–Crippen MR) is 93.5 cm³/mol. The zero-order chi connectivity index (χ0) is 15.9. The second-order valence-corrected chi connectivity index (χ2v) is 5.46. The van der Waals surface area contributed by atoms with Crippen LogP contribution in [0.4, 0.5) is 11.4 Å². The molecular formula is C19H24N2O. The lowest BCUT2D eigenvalue weighted by atomic mass is 10.2. The SMILES string of the molecule is CCN(CCC(=O)N(C)c1ccccc1)c1cccc(C)c1. The van der Waals surface area contributed by atoms with Crippen LogP contribution in [-0.4, -0.2) is 26.0 Å². The van der Waals surface area contributed by atoms with Crippen LogP contribution in [0.5, 0.6) is 0 Å². The number of carbonyl (C=O) groups is 1. The molecule has 0 unspecified atom stereocenters. The molecule has 2 aromatic carbocycles. The number of rotatable bonds is 6. The van der Waals surface area contributed by atoms with Crippen molar-refractivity contribution in [2.24, 2.45) is 0 Å². The smallest absolute Gasteiger partial charge is 0.228 e. The molecule has 0 heterocycles. The lowest BCUT2D eigenvalue weighted by Crippen LogP contribution is -2.32. The summed E-state index contributed by atoms with van der Waals surface area (Å²) in [6.07, 6.45) is 0.507. The van der Waals surface area contributed by atoms with Gasteiger partial charge in [0.25, 0.3) is 0 Å². The van der Waals surface area contributed by atoms with E-state index in [0.717, 1.165) is 18.8 Å². The van der Waals surface area contributed by atoms with Crippen molar-refractivity contribution < 1.29 is 4.79 Å². The van der Waals surface area contributed by atoms with Crippen LogP contribution < -0.4 is 9.80 Å². The molecule has 116 valence electrons. The van der Waals surface area contributed by atoms with Crippen LogP contribution in [0, 0.1) is 6.92 Å². The van der Waals surface area contributed by atoms with Gasteiger partial charge in [-0.3, -0.25) is 4.79 Å². The maximum atomic E-state index is 12.4. The maximum absolute atomic E-state index is 12.4. The van der Waals surface area contributed by atoms with Crippen LogP contribution >= 0.6 is 0 Å². The summed E-state index contributed by atoms with van der Waals surface area (Å²) in [6, 6.07) is 18.2. The number of para-hydroxylation sites is 1. The van der Waals surface area contributed by atoms with E-state index in [2.05, 4.69) is 43.0 Å². The van der Waals surface area contributed by atoms with Gasteiger partial charge in [0, 0.05) is 37.9 Å². The molecule has 0 aliphatic heterocycles. The lowest BCUT2D eigenvalue weighted by Gasteiger charge is -2.25. The summed E-state index contributed by atoms with van der Waals surface area (Å²) >= 11 is 0. The van der Waals surface area contributed by atoms with Crippen molar-refractivity contribution in [3.05, 3.63) is 60.2 Å². The maximum Gasteiger partial charge on any atom is 0.228 e. The van der Waals surface area contributed by atoms with E-state index >= 15 is 0 Å². The molecule has 22 heavy (non-hydrogen) atoms. The standard InChI is InChI=1S/C19H24N2O/c1-4-21(18-12-8-9-16(2)15-18)14-13-19(22)20(3)17-10-6-5-7-11-17/h5-12,15H,4,13-14H2,1-3H3. The molecule has 0 saturated carbocycles. The number of aryl methyl sites for hydroxylation is 1. The van der Waals surface area contributed by atoms with Crippen molar-refractivity contribution in [2.45, 2.75) is 20.3 Å². The number of anilines is 2. The summed E-state index contributed by atoms with van der Waals surface area (Å²) in [5.74, 6) is 0.136. The number of nitrogens with zero attached hydrogens (tertiary/aromatic N) is 2. The average Bonchev–Trinajstić information content (AvgIpc) is 2.55. The molecule has 0 N–H and O–H groups in total. The van der Waals surface area contributed by atoms with Gasteiger partial charge in [-0.25, -0.2) is 0 Å². The van der Waals surface area contributed by atoms with Crippen LogP contribution in [0.25, 0.3) is 0 Å². The monoisotopic (exact) mass is 296 g/mol. The number of hydrogen-bond acceptors (Lipinski definition) is 2. The molecule has 0 aromatic heterocycles. The van der Waals surface area contributed by atoms with E-state index in [1.54, 1.807) is 4.90 Å². The van der Waals surface area contributed by atoms with E-state index in [9.17, 15) is 4.79 Å². The fraction of sp³-hybridized carbons (Fsp3) is 0.316. The van der Waals surface area contributed by atoms with Gasteiger partial charge < -0.3 is 9.80 Å². The molecule has 1 amide bonds. The summed E-state index contributed by atoms with van der Waals surface area (Å²) < 4.78 is 0. The van der Waals surface area contributed by atoms with E-state index in [0.29, 0.717) is 6.42 Å². The van der Waals surface area contributed by atoms with Gasteiger partial charge in [0.15, 0.2) is 0 Å². The highest BCUT2D eigenvalue weighted by Crippen LogP contribution is 2.17. The first-order valence-electron chi connectivity index (χ1n) is 7.75. The molecule has 0 aliphatic carbocycles. The zero-order valence-electron chi connectivity index (χ0n) is 13.6. The minimum absolute atomic E-state index is 0.136. The van der Waals surface area contributed by atoms with Crippen molar-refractivity contribution in [3.8, 4) is 0 Å². The van der Waals surface area contributed by atoms with Gasteiger partial charge in [0.2, 0.25) is 5.91 Å². The number of carbonyl (C=O) groups excluding carboxylic acids is 1. The molecule has 0 radical (unpaired) electrons. The van der Waals surface area contributed by atoms with Crippen LogP contribution in [0.2, 0.25) is 0 Å². The minimum atomic E-state index is 0.136. The Morgan fingerprint density at radius 1 is 1.00 bits per heavy atom. The van der Waals surface area contributed by atoms with Gasteiger partial charge in [-0.05, 0) is 43.7 Å². The van der Waals surface area contributed by atoms with Crippen molar-refractivity contribution in [3.63, 3.8) is 0 Å². The molecule has 2 aromatic rings. The van der Waals surface area contributed by atoms with Gasteiger partial charge >= 0.3 is 0 Å². The molecule has 3 heteroatoms. The van der Waals surface area contributed by atoms with Crippen molar-refractivity contribution >= 4 is 17.3 Å². The Kier molecular flexibility index (Phi) is 5.59. The van der Waals surface area contributed by atoms with Crippen LogP contribution in [0.3, 0.4) is 0 Å². The van der Waals surface area contributed by atoms with Gasteiger partial charge in [-0.2, -0.15) is 0 Å². The first-order valence-corrected chi connectivity index (χ1v) is 7.75. The molecule has 0 aliphatic rings. The fourth-order valence-corrected chi connectivity index (χ4v) is 2.49. The molecule has 2 rings (SSSR count). The molecular weight excluding hydrogens is 272 g/mol. The number of hydrogen-bond donors (Lipinski definition) is 0. The molecule has 0 fully saturated rings. The van der Waals surface area contributed by atoms with Crippen LogP contribution in [0.15, 0.2) is 54.6 Å². The Morgan fingerprint density at radius 2 is 1.68 bits per heavy atom. The number of benzene rings is 2. The average molecular weight is 296 g/mol. The summed E-state index contributed by atoms with van der Waals surface area (Å²) in [4.78, 5) is 16.3. The minimum Gasteiger partial charge on any atom is -0.371 e. The highest BCUT2D eigenvalue weighted by Gasteiger charge is 2.13. The quantitative estimate of drug-likeness (QED) is 0.808. The van der Waals surface area contributed by atoms with E-state index in [1.807, 2.05) is 37.4 Å². The first kappa shape index (κ1) is 16.1. The third-order valence-electron chi connectivity index (χ3n) is 3.86. The molecule has 0 atom stereocenters. The van der Waals surface area contributed by atoms with Crippen molar-refractivity contribution in [1.29, 1.82) is 0 Å². The largest absolute Gasteiger partial charge is 0.371 e. The number of amides is 1. The van der Waals surface area contributed by atoms with Gasteiger partial charge in [-0.15, -0.1) is 0 Å². The normalized spacial score (nSPS) is 10.3. The first-order chi connectivity index (χ1) is 10.6. The lowest BCUT2D eigenvalue weighted by molar-refractivity contribution is -0.118. The Labute approximate surface area is 133 Å². The van der Waals surface area contributed by atoms with Crippen molar-refractivity contribution in [1.82, 2.24) is 0 Å².